The Morgan fingerprint density at radius 3 is 2.44 bits per heavy atom. The van der Waals surface area contributed by atoms with Crippen LogP contribution < -0.4 is 0 Å². The van der Waals surface area contributed by atoms with Crippen LogP contribution in [-0.2, 0) is 14.6 Å². The van der Waals surface area contributed by atoms with Crippen molar-refractivity contribution in [2.75, 3.05) is 0 Å². The maximum atomic E-state index is 11.5. The van der Waals surface area contributed by atoms with Gasteiger partial charge >= 0.3 is 5.97 Å². The van der Waals surface area contributed by atoms with Gasteiger partial charge in [0.25, 0.3) is 0 Å². The fraction of sp³-hybridized carbons (Fsp3) is 0.333. The van der Waals surface area contributed by atoms with E-state index in [0.717, 1.165) is 0 Å². The highest BCUT2D eigenvalue weighted by atomic mass is 17.2. The Hall–Kier alpha value is -1.68. The molecule has 0 amide bonds. The molecule has 0 aliphatic carbocycles. The van der Waals surface area contributed by atoms with Crippen LogP contribution in [0.4, 0.5) is 0 Å². The van der Waals surface area contributed by atoms with Crippen LogP contribution >= 0.6 is 0 Å². The average Bonchev–Trinajstić information content (AvgIpc) is 2.25. The predicted octanol–water partition coefficient (Wildman–Crippen LogP) is 2.03. The summed E-state index contributed by atoms with van der Waals surface area (Å²) in [7, 11) is 0. The van der Waals surface area contributed by atoms with Crippen molar-refractivity contribution in [1.82, 2.24) is 0 Å². The van der Waals surface area contributed by atoms with Crippen LogP contribution in [-0.4, -0.2) is 17.9 Å². The van der Waals surface area contributed by atoms with Gasteiger partial charge in [-0.3, -0.25) is 9.68 Å². The molecule has 85 valence electrons. The molecule has 4 nitrogen and oxygen atoms in total. The van der Waals surface area contributed by atoms with Gasteiger partial charge in [-0.25, -0.2) is 4.79 Å². The van der Waals surface area contributed by atoms with Gasteiger partial charge in [-0.15, -0.1) is 0 Å². The van der Waals surface area contributed by atoms with E-state index in [1.54, 1.807) is 39.2 Å². The van der Waals surface area contributed by atoms with E-state index in [-0.39, 0.29) is 11.1 Å². The van der Waals surface area contributed by atoms with Gasteiger partial charge in [-0.1, -0.05) is 18.2 Å². The fourth-order valence-electron chi connectivity index (χ4n) is 0.958. The van der Waals surface area contributed by atoms with Crippen LogP contribution in [0.2, 0.25) is 0 Å². The van der Waals surface area contributed by atoms with Crippen LogP contribution in [0.25, 0.3) is 0 Å². The van der Waals surface area contributed by atoms with Gasteiger partial charge in [-0.05, 0) is 26.8 Å². The third kappa shape index (κ3) is 3.47. The van der Waals surface area contributed by atoms with Crippen molar-refractivity contribution >= 4 is 12.3 Å². The van der Waals surface area contributed by atoms with Gasteiger partial charge in [0, 0.05) is 5.56 Å². The topological polar surface area (TPSA) is 52.6 Å². The van der Waals surface area contributed by atoms with Gasteiger partial charge in [0.2, 0.25) is 6.29 Å². The first-order chi connectivity index (χ1) is 7.44. The van der Waals surface area contributed by atoms with Crippen molar-refractivity contribution in [2.45, 2.75) is 26.4 Å². The van der Waals surface area contributed by atoms with Crippen LogP contribution in [0.3, 0.4) is 0 Å². The molecule has 0 atom stereocenters. The summed E-state index contributed by atoms with van der Waals surface area (Å²) in [5, 5.41) is 0. The quantitative estimate of drug-likeness (QED) is 0.579. The summed E-state index contributed by atoms with van der Waals surface area (Å²) in [4.78, 5) is 31.6. The Morgan fingerprint density at radius 1 is 1.25 bits per heavy atom. The van der Waals surface area contributed by atoms with Crippen LogP contribution in [0.1, 0.15) is 36.7 Å². The Labute approximate surface area is 94.1 Å². The van der Waals surface area contributed by atoms with E-state index in [2.05, 4.69) is 4.89 Å². The molecule has 0 aliphatic rings. The van der Waals surface area contributed by atoms with E-state index in [9.17, 15) is 9.59 Å². The normalized spacial score (nSPS) is 10.9. The molecule has 0 saturated heterocycles. The first-order valence-electron chi connectivity index (χ1n) is 4.81. The Balaban J connectivity index is 2.77. The van der Waals surface area contributed by atoms with Crippen molar-refractivity contribution in [2.24, 2.45) is 0 Å². The molecule has 0 saturated carbocycles. The number of rotatable bonds is 3. The van der Waals surface area contributed by atoms with Crippen molar-refractivity contribution in [3.8, 4) is 0 Å². The summed E-state index contributed by atoms with van der Waals surface area (Å²) in [5.41, 5.74) is -0.290. The number of hydrogen-bond donors (Lipinski definition) is 0. The highest BCUT2D eigenvalue weighted by Crippen LogP contribution is 2.12. The summed E-state index contributed by atoms with van der Waals surface area (Å²) < 4.78 is 0. The van der Waals surface area contributed by atoms with Gasteiger partial charge < -0.3 is 0 Å². The molecule has 4 heteroatoms. The maximum absolute atomic E-state index is 11.5. The second-order valence-electron chi connectivity index (χ2n) is 4.21. The van der Waals surface area contributed by atoms with Crippen LogP contribution in [0, 0.1) is 0 Å². The molecule has 0 aliphatic heterocycles. The molecule has 0 spiro atoms. The summed E-state index contributed by atoms with van der Waals surface area (Å²) >= 11 is 0. The lowest BCUT2D eigenvalue weighted by Gasteiger charge is -2.16. The number of carbonyl (C=O) groups excluding carboxylic acids is 2. The lowest BCUT2D eigenvalue weighted by molar-refractivity contribution is -0.301. The summed E-state index contributed by atoms with van der Waals surface area (Å²) in [6.45, 7) is 5.24. The number of hydrogen-bond acceptors (Lipinski definition) is 4. The number of carbonyl (C=O) groups is 1. The Kier molecular flexibility index (Phi) is 3.79. The highest BCUT2D eigenvalue weighted by molar-refractivity contribution is 5.97. The lowest BCUT2D eigenvalue weighted by atomic mass is 10.1. The molecule has 0 unspecified atom stereocenters. The minimum Gasteiger partial charge on any atom is -0.292 e. The zero-order valence-electron chi connectivity index (χ0n) is 9.44. The van der Waals surface area contributed by atoms with Gasteiger partial charge in [0.15, 0.2) is 0 Å². The third-order valence-corrected chi connectivity index (χ3v) is 1.62. The molecule has 0 fully saturated rings. The smallest absolute Gasteiger partial charge is 0.292 e. The first-order valence-corrected chi connectivity index (χ1v) is 4.81. The van der Waals surface area contributed by atoms with Crippen LogP contribution in [0.15, 0.2) is 24.3 Å². The molecule has 16 heavy (non-hydrogen) atoms. The molecule has 1 aromatic carbocycles. The third-order valence-electron chi connectivity index (χ3n) is 1.62. The van der Waals surface area contributed by atoms with E-state index in [0.29, 0.717) is 0 Å². The molecule has 1 radical (unpaired) electrons. The second-order valence-corrected chi connectivity index (χ2v) is 4.21. The molecule has 0 heterocycles. The van der Waals surface area contributed by atoms with Gasteiger partial charge in [0.05, 0.1) is 5.56 Å². The zero-order chi connectivity index (χ0) is 12.2. The molecule has 1 aromatic rings. The highest BCUT2D eigenvalue weighted by Gasteiger charge is 2.18. The summed E-state index contributed by atoms with van der Waals surface area (Å²) in [6, 6.07) is 6.24. The lowest BCUT2D eigenvalue weighted by Crippen LogP contribution is -2.22. The van der Waals surface area contributed by atoms with E-state index in [1.807, 2.05) is 0 Å². The monoisotopic (exact) mass is 221 g/mol. The predicted molar refractivity (Wildman–Crippen MR) is 57.5 cm³/mol. The molecule has 0 bridgehead atoms. The van der Waals surface area contributed by atoms with Crippen molar-refractivity contribution < 1.29 is 19.4 Å². The van der Waals surface area contributed by atoms with E-state index in [4.69, 9.17) is 4.89 Å². The Morgan fingerprint density at radius 2 is 1.88 bits per heavy atom. The van der Waals surface area contributed by atoms with Crippen molar-refractivity contribution in [3.63, 3.8) is 0 Å². The minimum atomic E-state index is -0.700. The van der Waals surface area contributed by atoms with E-state index in [1.165, 1.54) is 12.1 Å². The van der Waals surface area contributed by atoms with E-state index >= 15 is 0 Å². The van der Waals surface area contributed by atoms with E-state index < -0.39 is 11.6 Å². The molecule has 0 aromatic heterocycles. The van der Waals surface area contributed by atoms with Gasteiger partial charge in [0.1, 0.15) is 5.60 Å². The largest absolute Gasteiger partial charge is 0.373 e. The molecular weight excluding hydrogens is 208 g/mol. The standard InChI is InChI=1S/C12H13O4/c1-12(2,3)16-15-11(14)10-7-5-4-6-9(10)8-13/h4-7H,1-3H3. The van der Waals surface area contributed by atoms with Crippen LogP contribution in [0.5, 0.6) is 0 Å². The zero-order valence-corrected chi connectivity index (χ0v) is 9.44. The minimum absolute atomic E-state index is 0.141. The summed E-state index contributed by atoms with van der Waals surface area (Å²) in [6.07, 6.45) is 1.67. The number of benzene rings is 1. The van der Waals surface area contributed by atoms with Crippen molar-refractivity contribution in [3.05, 3.63) is 35.4 Å². The fourth-order valence-corrected chi connectivity index (χ4v) is 0.958. The second kappa shape index (κ2) is 4.90. The Bertz CT molecular complexity index is 390. The molecule has 0 N–H and O–H groups in total. The van der Waals surface area contributed by atoms with Gasteiger partial charge in [-0.2, -0.15) is 4.89 Å². The summed E-state index contributed by atoms with van der Waals surface area (Å²) in [5.74, 6) is -0.700. The first kappa shape index (κ1) is 12.4. The average molecular weight is 221 g/mol. The van der Waals surface area contributed by atoms with Crippen molar-refractivity contribution in [1.29, 1.82) is 0 Å². The maximum Gasteiger partial charge on any atom is 0.373 e. The molecule has 1 rings (SSSR count). The molecular formula is C12H13O4. The SMILES string of the molecule is CC(C)(C)OOC(=O)c1ccccc1[C]=O.